The number of fused-ring (bicyclic) bond motifs is 1. The van der Waals surface area contributed by atoms with Crippen molar-refractivity contribution in [1.29, 1.82) is 0 Å². The Bertz CT molecular complexity index is 1000. The highest BCUT2D eigenvalue weighted by Crippen LogP contribution is 2.31. The summed E-state index contributed by atoms with van der Waals surface area (Å²) in [5.74, 6) is -1.37. The van der Waals surface area contributed by atoms with E-state index in [2.05, 4.69) is 15.5 Å². The lowest BCUT2D eigenvalue weighted by Crippen LogP contribution is -2.26. The van der Waals surface area contributed by atoms with E-state index < -0.39 is 5.97 Å². The van der Waals surface area contributed by atoms with E-state index in [-0.39, 0.29) is 22.9 Å². The van der Waals surface area contributed by atoms with Gasteiger partial charge in [-0.2, -0.15) is 0 Å². The zero-order valence-corrected chi connectivity index (χ0v) is 14.2. The fourth-order valence-electron chi connectivity index (χ4n) is 2.69. The minimum Gasteiger partial charge on any atom is -0.478 e. The second-order valence-corrected chi connectivity index (χ2v) is 5.81. The minimum absolute atomic E-state index is 0.0855. The fourth-order valence-corrected chi connectivity index (χ4v) is 2.69. The van der Waals surface area contributed by atoms with E-state index in [1.54, 1.807) is 30.3 Å². The number of carboxylic acid groups (broad SMARTS) is 1. The molecule has 0 spiro atoms. The molecule has 0 saturated heterocycles. The third kappa shape index (κ3) is 3.19. The first-order valence-electron chi connectivity index (χ1n) is 8.19. The molecule has 4 N–H and O–H groups in total. The van der Waals surface area contributed by atoms with E-state index in [0.717, 1.165) is 6.42 Å². The molecule has 0 fully saturated rings. The third-order valence-electron chi connectivity index (χ3n) is 4.00. The number of nitrogens with two attached hydrogens (primary N) is 1. The number of aromatic carboxylic acids is 1. The molecule has 2 aromatic carbocycles. The van der Waals surface area contributed by atoms with E-state index in [0.29, 0.717) is 28.6 Å². The molecule has 0 radical (unpaired) electrons. The smallest absolute Gasteiger partial charge is 0.335 e. The highest BCUT2D eigenvalue weighted by Gasteiger charge is 2.17. The van der Waals surface area contributed by atoms with Crippen molar-refractivity contribution < 1.29 is 14.7 Å². The Morgan fingerprint density at radius 1 is 1.15 bits per heavy atom. The number of nitrogen functional groups attached to an aromatic ring is 1. The van der Waals surface area contributed by atoms with Gasteiger partial charge in [0.2, 0.25) is 0 Å². The average Bonchev–Trinajstić information content (AvgIpc) is 2.66. The van der Waals surface area contributed by atoms with Gasteiger partial charge in [-0.1, -0.05) is 37.3 Å². The number of carbonyl (C=O) groups is 2. The molecule has 0 aliphatic rings. The van der Waals surface area contributed by atoms with Crippen molar-refractivity contribution in [2.75, 3.05) is 12.3 Å². The van der Waals surface area contributed by atoms with Crippen LogP contribution in [0.2, 0.25) is 0 Å². The molecule has 3 aromatic rings. The van der Waals surface area contributed by atoms with Crippen LogP contribution in [0.3, 0.4) is 0 Å². The normalized spacial score (nSPS) is 10.7. The molecule has 3 rings (SSSR count). The molecule has 0 atom stereocenters. The molecular formula is C19H18N4O3. The van der Waals surface area contributed by atoms with Crippen molar-refractivity contribution in [3.63, 3.8) is 0 Å². The average molecular weight is 350 g/mol. The Balaban J connectivity index is 2.12. The van der Waals surface area contributed by atoms with E-state index in [4.69, 9.17) is 5.73 Å². The molecule has 0 aliphatic heterocycles. The highest BCUT2D eigenvalue weighted by molar-refractivity contribution is 6.07. The zero-order valence-electron chi connectivity index (χ0n) is 14.2. The molecule has 132 valence electrons. The van der Waals surface area contributed by atoms with Gasteiger partial charge in [-0.05, 0) is 24.1 Å². The Morgan fingerprint density at radius 2 is 1.92 bits per heavy atom. The largest absolute Gasteiger partial charge is 0.478 e. The Hall–Kier alpha value is -3.48. The lowest BCUT2D eigenvalue weighted by atomic mass is 9.99. The summed E-state index contributed by atoms with van der Waals surface area (Å²) >= 11 is 0. The zero-order chi connectivity index (χ0) is 18.7. The number of rotatable bonds is 5. The number of benzene rings is 2. The first-order valence-corrected chi connectivity index (χ1v) is 8.19. The van der Waals surface area contributed by atoms with Crippen LogP contribution >= 0.6 is 0 Å². The van der Waals surface area contributed by atoms with Gasteiger partial charge in [0.1, 0.15) is 5.52 Å². The first kappa shape index (κ1) is 17.3. The molecule has 0 aliphatic carbocycles. The fraction of sp³-hybridized carbons (Fsp3) is 0.158. The first-order chi connectivity index (χ1) is 12.5. The summed E-state index contributed by atoms with van der Waals surface area (Å²) in [5, 5.41) is 20.7. The standard InChI is InChI=1S/C19H18N4O3/c1-2-9-21-18(24)17-15(20)14-8-4-7-13(16(14)22-23-17)11-5-3-6-12(10-11)19(25)26/h3-8,10H,2,9H2,1H3,(H2,20,22)(H,21,24)(H,25,26). The maximum Gasteiger partial charge on any atom is 0.335 e. The van der Waals surface area contributed by atoms with Gasteiger partial charge in [0.15, 0.2) is 5.69 Å². The van der Waals surface area contributed by atoms with Crippen LogP contribution in [0.25, 0.3) is 22.0 Å². The molecule has 7 nitrogen and oxygen atoms in total. The van der Waals surface area contributed by atoms with Crippen molar-refractivity contribution in [3.05, 3.63) is 53.7 Å². The number of nitrogens with one attached hydrogen (secondary N) is 1. The number of nitrogens with zero attached hydrogens (tertiary/aromatic N) is 2. The van der Waals surface area contributed by atoms with Gasteiger partial charge >= 0.3 is 5.97 Å². The van der Waals surface area contributed by atoms with Crippen molar-refractivity contribution in [1.82, 2.24) is 15.5 Å². The van der Waals surface area contributed by atoms with Crippen LogP contribution in [0.5, 0.6) is 0 Å². The third-order valence-corrected chi connectivity index (χ3v) is 4.00. The maximum atomic E-state index is 12.2. The monoisotopic (exact) mass is 350 g/mol. The molecule has 1 heterocycles. The topological polar surface area (TPSA) is 118 Å². The number of carboxylic acids is 1. The SMILES string of the molecule is CCCNC(=O)c1nnc2c(-c3cccc(C(=O)O)c3)cccc2c1N. The summed E-state index contributed by atoms with van der Waals surface area (Å²) in [6.45, 7) is 2.48. The lowest BCUT2D eigenvalue weighted by molar-refractivity contribution is 0.0696. The van der Waals surface area contributed by atoms with Crippen molar-refractivity contribution in [3.8, 4) is 11.1 Å². The van der Waals surface area contributed by atoms with Crippen molar-refractivity contribution in [2.45, 2.75) is 13.3 Å². The van der Waals surface area contributed by atoms with E-state index in [9.17, 15) is 14.7 Å². The number of hydrogen-bond donors (Lipinski definition) is 3. The van der Waals surface area contributed by atoms with Gasteiger partial charge in [-0.25, -0.2) is 4.79 Å². The minimum atomic E-state index is -1.01. The van der Waals surface area contributed by atoms with Crippen molar-refractivity contribution in [2.24, 2.45) is 0 Å². The van der Waals surface area contributed by atoms with Gasteiger partial charge in [-0.3, -0.25) is 4.79 Å². The molecule has 26 heavy (non-hydrogen) atoms. The molecule has 7 heteroatoms. The van der Waals surface area contributed by atoms with Gasteiger partial charge in [0.25, 0.3) is 5.91 Å². The van der Waals surface area contributed by atoms with Crippen molar-refractivity contribution >= 4 is 28.5 Å². The van der Waals surface area contributed by atoms with Crippen LogP contribution in [-0.4, -0.2) is 33.7 Å². The van der Waals surface area contributed by atoms with Crippen LogP contribution < -0.4 is 11.1 Å². The Morgan fingerprint density at radius 3 is 2.65 bits per heavy atom. The molecular weight excluding hydrogens is 332 g/mol. The summed E-state index contributed by atoms with van der Waals surface area (Å²) in [6, 6.07) is 11.9. The van der Waals surface area contributed by atoms with E-state index in [1.165, 1.54) is 6.07 Å². The van der Waals surface area contributed by atoms with Gasteiger partial charge in [0.05, 0.1) is 11.3 Å². The summed E-state index contributed by atoms with van der Waals surface area (Å²) in [5.41, 5.74) is 8.57. The predicted octanol–water partition coefficient (Wildman–Crippen LogP) is 2.72. The lowest BCUT2D eigenvalue weighted by Gasteiger charge is -2.11. The number of anilines is 1. The van der Waals surface area contributed by atoms with Gasteiger partial charge < -0.3 is 16.2 Å². The second-order valence-electron chi connectivity index (χ2n) is 5.81. The number of hydrogen-bond acceptors (Lipinski definition) is 5. The quantitative estimate of drug-likeness (QED) is 0.651. The Labute approximate surface area is 149 Å². The summed E-state index contributed by atoms with van der Waals surface area (Å²) in [7, 11) is 0. The van der Waals surface area contributed by atoms with E-state index >= 15 is 0 Å². The molecule has 0 unspecified atom stereocenters. The van der Waals surface area contributed by atoms with Crippen LogP contribution in [0.4, 0.5) is 5.69 Å². The number of amides is 1. The van der Waals surface area contributed by atoms with Crippen LogP contribution in [0.1, 0.15) is 34.2 Å². The maximum absolute atomic E-state index is 12.2. The van der Waals surface area contributed by atoms with Crippen LogP contribution in [-0.2, 0) is 0 Å². The van der Waals surface area contributed by atoms with E-state index in [1.807, 2.05) is 13.0 Å². The van der Waals surface area contributed by atoms with Crippen LogP contribution in [0.15, 0.2) is 42.5 Å². The van der Waals surface area contributed by atoms with Gasteiger partial charge in [-0.15, -0.1) is 10.2 Å². The summed E-state index contributed by atoms with van der Waals surface area (Å²) < 4.78 is 0. The van der Waals surface area contributed by atoms with Crippen LogP contribution in [0, 0.1) is 0 Å². The Kier molecular flexibility index (Phi) is 4.79. The predicted molar refractivity (Wildman–Crippen MR) is 99.0 cm³/mol. The summed E-state index contributed by atoms with van der Waals surface area (Å²) in [4.78, 5) is 23.4. The highest BCUT2D eigenvalue weighted by atomic mass is 16.4. The number of aromatic nitrogens is 2. The van der Waals surface area contributed by atoms with Gasteiger partial charge in [0, 0.05) is 17.5 Å². The number of carbonyl (C=O) groups excluding carboxylic acids is 1. The molecule has 0 bridgehead atoms. The second kappa shape index (κ2) is 7.18. The molecule has 1 aromatic heterocycles. The summed E-state index contributed by atoms with van der Waals surface area (Å²) in [6.07, 6.45) is 0.802. The molecule has 1 amide bonds. The molecule has 0 saturated carbocycles.